The number of aliphatic hydroxyl groups excluding tert-OH is 1. The normalized spacial score (nSPS) is 21.8. The van der Waals surface area contributed by atoms with Gasteiger partial charge in [-0.2, -0.15) is 0 Å². The molecule has 1 aromatic carbocycles. The van der Waals surface area contributed by atoms with Crippen LogP contribution in [-0.2, 0) is 27.7 Å². The van der Waals surface area contributed by atoms with Crippen molar-refractivity contribution in [1.29, 1.82) is 0 Å². The van der Waals surface area contributed by atoms with Crippen LogP contribution in [0.4, 0.5) is 0 Å². The molecule has 2 atom stereocenters. The molecule has 0 radical (unpaired) electrons. The summed E-state index contributed by atoms with van der Waals surface area (Å²) in [6.45, 7) is 0.635. The Balaban J connectivity index is 1.69. The van der Waals surface area contributed by atoms with Gasteiger partial charge < -0.3 is 14.8 Å². The van der Waals surface area contributed by atoms with E-state index < -0.39 is 22.0 Å². The highest BCUT2D eigenvalue weighted by Gasteiger charge is 2.40. The number of carbonyl (C=O) groups excluding carboxylic acids is 1. The van der Waals surface area contributed by atoms with Crippen LogP contribution in [0.5, 0.6) is 0 Å². The molecule has 7 nitrogen and oxygen atoms in total. The standard InChI is InChI=1S/C18H22N2O5S/c21-17-13-26(23,24)12-16(17)20(10-14-5-2-1-3-6-14)11-18(22)19-9-15-7-4-8-25-15/h1-8,16-17,21H,9-13H2,(H,19,22). The number of furan rings is 1. The zero-order valence-electron chi connectivity index (χ0n) is 14.2. The predicted octanol–water partition coefficient (Wildman–Crippen LogP) is 0.556. The summed E-state index contributed by atoms with van der Waals surface area (Å²) >= 11 is 0. The molecule has 0 spiro atoms. The van der Waals surface area contributed by atoms with E-state index in [2.05, 4.69) is 5.32 Å². The molecule has 26 heavy (non-hydrogen) atoms. The van der Waals surface area contributed by atoms with Gasteiger partial charge in [-0.15, -0.1) is 0 Å². The number of hydrogen-bond donors (Lipinski definition) is 2. The summed E-state index contributed by atoms with van der Waals surface area (Å²) in [5, 5.41) is 13.0. The third kappa shape index (κ3) is 4.94. The van der Waals surface area contributed by atoms with Crippen LogP contribution in [-0.4, -0.2) is 54.5 Å². The van der Waals surface area contributed by atoms with Gasteiger partial charge in [-0.25, -0.2) is 8.42 Å². The Bertz CT molecular complexity index is 821. The minimum absolute atomic E-state index is 0.00709. The molecular weight excluding hydrogens is 356 g/mol. The van der Waals surface area contributed by atoms with Crippen molar-refractivity contribution in [2.24, 2.45) is 0 Å². The van der Waals surface area contributed by atoms with E-state index in [9.17, 15) is 18.3 Å². The fourth-order valence-electron chi connectivity index (χ4n) is 3.11. The lowest BCUT2D eigenvalue weighted by Crippen LogP contribution is -2.47. The molecule has 8 heteroatoms. The quantitative estimate of drug-likeness (QED) is 0.730. The first-order chi connectivity index (χ1) is 12.4. The second kappa shape index (κ2) is 8.03. The molecular formula is C18H22N2O5S. The van der Waals surface area contributed by atoms with Gasteiger partial charge in [0.15, 0.2) is 9.84 Å². The number of rotatable bonds is 7. The number of nitrogens with one attached hydrogen (secondary N) is 1. The van der Waals surface area contributed by atoms with Crippen molar-refractivity contribution in [1.82, 2.24) is 10.2 Å². The van der Waals surface area contributed by atoms with Gasteiger partial charge in [0.05, 0.1) is 43.0 Å². The maximum absolute atomic E-state index is 12.3. The van der Waals surface area contributed by atoms with E-state index in [1.165, 1.54) is 6.26 Å². The minimum Gasteiger partial charge on any atom is -0.467 e. The van der Waals surface area contributed by atoms with Crippen LogP contribution >= 0.6 is 0 Å². The minimum atomic E-state index is -3.30. The monoisotopic (exact) mass is 378 g/mol. The molecule has 1 aliphatic heterocycles. The predicted molar refractivity (Wildman–Crippen MR) is 95.9 cm³/mol. The number of amides is 1. The van der Waals surface area contributed by atoms with E-state index in [0.717, 1.165) is 5.56 Å². The van der Waals surface area contributed by atoms with E-state index in [1.54, 1.807) is 17.0 Å². The molecule has 2 aromatic rings. The lowest BCUT2D eigenvalue weighted by Gasteiger charge is -2.29. The molecule has 0 aliphatic carbocycles. The zero-order chi connectivity index (χ0) is 18.6. The van der Waals surface area contributed by atoms with Crippen molar-refractivity contribution in [3.63, 3.8) is 0 Å². The molecule has 1 aliphatic rings. The summed E-state index contributed by atoms with van der Waals surface area (Å²) in [5.74, 6) is -0.0334. The molecule has 0 bridgehead atoms. The third-order valence-corrected chi connectivity index (χ3v) is 6.08. The van der Waals surface area contributed by atoms with Crippen molar-refractivity contribution < 1.29 is 22.7 Å². The topological polar surface area (TPSA) is 99.9 Å². The van der Waals surface area contributed by atoms with Crippen LogP contribution in [0.15, 0.2) is 53.1 Å². The van der Waals surface area contributed by atoms with Crippen LogP contribution in [0.25, 0.3) is 0 Å². The van der Waals surface area contributed by atoms with Gasteiger partial charge in [-0.05, 0) is 17.7 Å². The Labute approximate surface area is 152 Å². The number of sulfone groups is 1. The zero-order valence-corrected chi connectivity index (χ0v) is 15.1. The second-order valence-electron chi connectivity index (χ2n) is 6.46. The fraction of sp³-hybridized carbons (Fsp3) is 0.389. The van der Waals surface area contributed by atoms with Crippen LogP contribution in [0, 0.1) is 0 Å². The summed E-state index contributed by atoms with van der Waals surface area (Å²) in [5.41, 5.74) is 0.947. The van der Waals surface area contributed by atoms with Crippen LogP contribution in [0.1, 0.15) is 11.3 Å². The highest BCUT2D eigenvalue weighted by atomic mass is 32.2. The maximum atomic E-state index is 12.3. The first kappa shape index (κ1) is 18.6. The molecule has 140 valence electrons. The highest BCUT2D eigenvalue weighted by Crippen LogP contribution is 2.20. The molecule has 1 fully saturated rings. The Morgan fingerprint density at radius 3 is 2.58 bits per heavy atom. The van der Waals surface area contributed by atoms with E-state index >= 15 is 0 Å². The Morgan fingerprint density at radius 1 is 1.19 bits per heavy atom. The van der Waals surface area contributed by atoms with Gasteiger partial charge >= 0.3 is 0 Å². The van der Waals surface area contributed by atoms with Crippen molar-refractivity contribution in [3.05, 3.63) is 60.1 Å². The first-order valence-electron chi connectivity index (χ1n) is 8.38. The maximum Gasteiger partial charge on any atom is 0.234 e. The van der Waals surface area contributed by atoms with Crippen molar-refractivity contribution in [2.45, 2.75) is 25.2 Å². The summed E-state index contributed by atoms with van der Waals surface area (Å²) in [6, 6.07) is 12.4. The number of carbonyl (C=O) groups is 1. The van der Waals surface area contributed by atoms with Crippen LogP contribution in [0.2, 0.25) is 0 Å². The lowest BCUT2D eigenvalue weighted by molar-refractivity contribution is -0.123. The van der Waals surface area contributed by atoms with E-state index in [4.69, 9.17) is 4.42 Å². The summed E-state index contributed by atoms with van der Waals surface area (Å²) in [4.78, 5) is 14.1. The van der Waals surface area contributed by atoms with Crippen LogP contribution in [0.3, 0.4) is 0 Å². The van der Waals surface area contributed by atoms with E-state index in [-0.39, 0.29) is 30.5 Å². The van der Waals surface area contributed by atoms with Gasteiger partial charge in [0.25, 0.3) is 0 Å². The van der Waals surface area contributed by atoms with Gasteiger partial charge in [0.2, 0.25) is 5.91 Å². The van der Waals surface area contributed by atoms with E-state index in [0.29, 0.717) is 12.3 Å². The average molecular weight is 378 g/mol. The van der Waals surface area contributed by atoms with Crippen molar-refractivity contribution in [3.8, 4) is 0 Å². The van der Waals surface area contributed by atoms with Gasteiger partial charge in [0, 0.05) is 6.54 Å². The Kier molecular flexibility index (Phi) is 5.75. The van der Waals surface area contributed by atoms with Gasteiger partial charge in [0.1, 0.15) is 5.76 Å². The number of nitrogens with zero attached hydrogens (tertiary/aromatic N) is 1. The van der Waals surface area contributed by atoms with E-state index in [1.807, 2.05) is 30.3 Å². The summed E-state index contributed by atoms with van der Waals surface area (Å²) in [6.07, 6.45) is 0.532. The Hall–Kier alpha value is -2.16. The smallest absolute Gasteiger partial charge is 0.234 e. The number of hydrogen-bond acceptors (Lipinski definition) is 6. The van der Waals surface area contributed by atoms with Crippen molar-refractivity contribution >= 4 is 15.7 Å². The summed E-state index contributed by atoms with van der Waals surface area (Å²) < 4.78 is 28.9. The molecule has 1 aromatic heterocycles. The third-order valence-electron chi connectivity index (χ3n) is 4.38. The first-order valence-corrected chi connectivity index (χ1v) is 10.2. The summed E-state index contributed by atoms with van der Waals surface area (Å²) in [7, 11) is -3.30. The molecule has 1 saturated heterocycles. The SMILES string of the molecule is O=C(CN(Cc1ccccc1)C1CS(=O)(=O)CC1O)NCc1ccco1. The Morgan fingerprint density at radius 2 is 1.96 bits per heavy atom. The number of aliphatic hydroxyl groups is 1. The molecule has 1 amide bonds. The number of benzene rings is 1. The average Bonchev–Trinajstić information content (AvgIpc) is 3.20. The van der Waals surface area contributed by atoms with Crippen LogP contribution < -0.4 is 5.32 Å². The largest absolute Gasteiger partial charge is 0.467 e. The molecule has 2 N–H and O–H groups in total. The molecule has 2 unspecified atom stereocenters. The van der Waals surface area contributed by atoms with Gasteiger partial charge in [-0.3, -0.25) is 9.69 Å². The fourth-order valence-corrected chi connectivity index (χ4v) is 4.94. The molecule has 3 rings (SSSR count). The second-order valence-corrected chi connectivity index (χ2v) is 8.61. The van der Waals surface area contributed by atoms with Gasteiger partial charge in [-0.1, -0.05) is 30.3 Å². The van der Waals surface area contributed by atoms with Crippen molar-refractivity contribution in [2.75, 3.05) is 18.1 Å². The molecule has 2 heterocycles. The highest BCUT2D eigenvalue weighted by molar-refractivity contribution is 7.91. The molecule has 0 saturated carbocycles. The lowest BCUT2D eigenvalue weighted by atomic mass is 10.1.